The van der Waals surface area contributed by atoms with E-state index in [1.54, 1.807) is 11.3 Å². The van der Waals surface area contributed by atoms with Crippen molar-refractivity contribution in [1.29, 1.82) is 0 Å². The van der Waals surface area contributed by atoms with Crippen molar-refractivity contribution in [2.24, 2.45) is 0 Å². The van der Waals surface area contributed by atoms with Crippen LogP contribution in [0.25, 0.3) is 0 Å². The molecule has 0 aromatic carbocycles. The largest absolute Gasteiger partial charge is 0.336 e. The first-order valence-corrected chi connectivity index (χ1v) is 6.98. The molecule has 88 valence electrons. The maximum atomic E-state index is 11.8. The number of hydrogen-bond acceptors (Lipinski definition) is 3. The van der Waals surface area contributed by atoms with Crippen LogP contribution in [0.4, 0.5) is 0 Å². The first kappa shape index (κ1) is 11.9. The Bertz CT molecular complexity index is 367. The number of halogens is 1. The third kappa shape index (κ3) is 2.95. The summed E-state index contributed by atoms with van der Waals surface area (Å²) in [4.78, 5) is 18.1. The van der Waals surface area contributed by atoms with E-state index < -0.39 is 0 Å². The van der Waals surface area contributed by atoms with Gasteiger partial charge < -0.3 is 4.90 Å². The number of likely N-dealkylation sites (tertiary alicyclic amines) is 1. The van der Waals surface area contributed by atoms with Crippen molar-refractivity contribution in [3.63, 3.8) is 0 Å². The number of amides is 1. The zero-order chi connectivity index (χ0) is 11.4. The number of carbonyl (C=O) groups is 1. The van der Waals surface area contributed by atoms with E-state index in [1.807, 2.05) is 10.3 Å². The zero-order valence-corrected chi connectivity index (χ0v) is 10.7. The topological polar surface area (TPSA) is 33.2 Å². The molecule has 0 unspecified atom stereocenters. The van der Waals surface area contributed by atoms with E-state index in [0.717, 1.165) is 36.5 Å². The second kappa shape index (κ2) is 5.64. The second-order valence-electron chi connectivity index (χ2n) is 3.99. The summed E-state index contributed by atoms with van der Waals surface area (Å²) in [5.41, 5.74) is 0.906. The van der Waals surface area contributed by atoms with E-state index in [4.69, 9.17) is 11.6 Å². The molecule has 0 radical (unpaired) electrons. The van der Waals surface area contributed by atoms with Gasteiger partial charge in [0, 0.05) is 18.3 Å². The Morgan fingerprint density at radius 1 is 1.44 bits per heavy atom. The molecule has 1 aliphatic rings. The Labute approximate surface area is 104 Å². The predicted molar refractivity (Wildman–Crippen MR) is 65.6 cm³/mol. The minimum absolute atomic E-state index is 0.264. The Kier molecular flexibility index (Phi) is 4.18. The third-order valence-corrected chi connectivity index (χ3v) is 3.89. The van der Waals surface area contributed by atoms with Crippen LogP contribution in [0.5, 0.6) is 0 Å². The minimum Gasteiger partial charge on any atom is -0.336 e. The lowest BCUT2D eigenvalue weighted by atomic mass is 10.2. The molecule has 16 heavy (non-hydrogen) atoms. The molecule has 1 amide bonds. The Morgan fingerprint density at radius 2 is 2.31 bits per heavy atom. The average molecular weight is 259 g/mol. The number of alkyl halides is 1. The van der Waals surface area contributed by atoms with Crippen LogP contribution in [0.15, 0.2) is 5.38 Å². The molecule has 2 heterocycles. The molecule has 0 saturated carbocycles. The quantitative estimate of drug-likeness (QED) is 0.781. The highest BCUT2D eigenvalue weighted by Crippen LogP contribution is 2.17. The molecule has 1 fully saturated rings. The maximum absolute atomic E-state index is 11.8. The molecular formula is C11H15ClN2OS. The van der Waals surface area contributed by atoms with Gasteiger partial charge in [0.2, 0.25) is 5.91 Å². The van der Waals surface area contributed by atoms with Crippen LogP contribution in [0.3, 0.4) is 0 Å². The van der Waals surface area contributed by atoms with Gasteiger partial charge in [0.25, 0.3) is 0 Å². The maximum Gasteiger partial charge on any atom is 0.222 e. The highest BCUT2D eigenvalue weighted by atomic mass is 35.5. The van der Waals surface area contributed by atoms with Crippen molar-refractivity contribution in [3.05, 3.63) is 16.1 Å². The molecule has 5 heteroatoms. The van der Waals surface area contributed by atoms with Crippen molar-refractivity contribution in [3.8, 4) is 0 Å². The van der Waals surface area contributed by atoms with Gasteiger partial charge in [-0.3, -0.25) is 4.79 Å². The monoisotopic (exact) mass is 258 g/mol. The molecule has 0 bridgehead atoms. The van der Waals surface area contributed by atoms with Crippen LogP contribution in [0.1, 0.15) is 36.4 Å². The fourth-order valence-corrected chi connectivity index (χ4v) is 2.89. The van der Waals surface area contributed by atoms with Crippen LogP contribution >= 0.6 is 22.9 Å². The molecule has 1 aliphatic heterocycles. The number of rotatable bonds is 3. The van der Waals surface area contributed by atoms with Crippen molar-refractivity contribution in [1.82, 2.24) is 9.88 Å². The van der Waals surface area contributed by atoms with E-state index >= 15 is 0 Å². The van der Waals surface area contributed by atoms with E-state index in [9.17, 15) is 4.79 Å². The predicted octanol–water partition coefficient (Wildman–Crippen LogP) is 2.78. The van der Waals surface area contributed by atoms with Crippen LogP contribution in [-0.4, -0.2) is 22.3 Å². The molecule has 2 rings (SSSR count). The third-order valence-electron chi connectivity index (χ3n) is 2.73. The lowest BCUT2D eigenvalue weighted by molar-refractivity contribution is -0.131. The summed E-state index contributed by atoms with van der Waals surface area (Å²) in [7, 11) is 0. The van der Waals surface area contributed by atoms with Crippen molar-refractivity contribution in [2.75, 3.05) is 6.54 Å². The fraction of sp³-hybridized carbons (Fsp3) is 0.636. The first-order valence-electron chi connectivity index (χ1n) is 5.56. The molecule has 0 atom stereocenters. The molecule has 3 nitrogen and oxygen atoms in total. The van der Waals surface area contributed by atoms with Gasteiger partial charge in [-0.05, 0) is 12.8 Å². The molecule has 0 aliphatic carbocycles. The summed E-state index contributed by atoms with van der Waals surface area (Å²) in [6.07, 6.45) is 3.99. The summed E-state index contributed by atoms with van der Waals surface area (Å²) >= 11 is 7.29. The number of nitrogens with zero attached hydrogens (tertiary/aromatic N) is 2. The van der Waals surface area contributed by atoms with Crippen LogP contribution < -0.4 is 0 Å². The highest BCUT2D eigenvalue weighted by Gasteiger charge is 2.17. The van der Waals surface area contributed by atoms with Crippen molar-refractivity contribution >= 4 is 28.8 Å². The van der Waals surface area contributed by atoms with Gasteiger partial charge in [-0.25, -0.2) is 4.98 Å². The van der Waals surface area contributed by atoms with Gasteiger partial charge in [0.15, 0.2) is 0 Å². The van der Waals surface area contributed by atoms with Gasteiger partial charge in [-0.1, -0.05) is 6.42 Å². The molecular weight excluding hydrogens is 244 g/mol. The summed E-state index contributed by atoms with van der Waals surface area (Å²) < 4.78 is 0. The number of carbonyl (C=O) groups excluding carboxylic acids is 1. The zero-order valence-electron chi connectivity index (χ0n) is 9.12. The van der Waals surface area contributed by atoms with E-state index in [1.165, 1.54) is 0 Å². The number of aromatic nitrogens is 1. The first-order chi connectivity index (χ1) is 7.79. The number of thiazole rings is 1. The summed E-state index contributed by atoms with van der Waals surface area (Å²) in [6, 6.07) is 0. The molecule has 1 aromatic rings. The average Bonchev–Trinajstić information content (AvgIpc) is 2.65. The Morgan fingerprint density at radius 3 is 3.06 bits per heavy atom. The second-order valence-corrected chi connectivity index (χ2v) is 5.20. The van der Waals surface area contributed by atoms with E-state index in [2.05, 4.69) is 4.98 Å². The molecule has 1 saturated heterocycles. The van der Waals surface area contributed by atoms with Gasteiger partial charge >= 0.3 is 0 Å². The normalized spacial score (nSPS) is 17.6. The highest BCUT2D eigenvalue weighted by molar-refractivity contribution is 7.09. The lowest BCUT2D eigenvalue weighted by Crippen LogP contribution is -2.29. The van der Waals surface area contributed by atoms with Crippen molar-refractivity contribution in [2.45, 2.75) is 38.1 Å². The van der Waals surface area contributed by atoms with Crippen LogP contribution in [0.2, 0.25) is 0 Å². The summed E-state index contributed by atoms with van der Waals surface area (Å²) in [5.74, 6) is 0.713. The van der Waals surface area contributed by atoms with Gasteiger partial charge in [-0.2, -0.15) is 0 Å². The molecule has 0 spiro atoms. The van der Waals surface area contributed by atoms with E-state index in [-0.39, 0.29) is 5.91 Å². The standard InChI is InChI=1S/C11H15ClN2OS/c12-6-9-8-16-10(13-9)7-14-5-3-1-2-4-11(14)15/h8H,1-7H2. The smallest absolute Gasteiger partial charge is 0.222 e. The summed E-state index contributed by atoms with van der Waals surface area (Å²) in [5, 5.41) is 2.95. The van der Waals surface area contributed by atoms with Crippen LogP contribution in [-0.2, 0) is 17.2 Å². The Balaban J connectivity index is 1.99. The van der Waals surface area contributed by atoms with Crippen molar-refractivity contribution < 1.29 is 4.79 Å². The molecule has 1 aromatic heterocycles. The summed E-state index contributed by atoms with van der Waals surface area (Å²) in [6.45, 7) is 1.52. The fourth-order valence-electron chi connectivity index (χ4n) is 1.85. The van der Waals surface area contributed by atoms with Crippen LogP contribution in [0, 0.1) is 0 Å². The van der Waals surface area contributed by atoms with Gasteiger partial charge in [0.05, 0.1) is 18.1 Å². The Hall–Kier alpha value is -0.610. The lowest BCUT2D eigenvalue weighted by Gasteiger charge is -2.18. The molecule has 0 N–H and O–H groups in total. The SMILES string of the molecule is O=C1CCCCCN1Cc1nc(CCl)cs1. The van der Waals surface area contributed by atoms with E-state index in [0.29, 0.717) is 18.8 Å². The number of hydrogen-bond donors (Lipinski definition) is 0. The van der Waals surface area contributed by atoms with Gasteiger partial charge in [-0.15, -0.1) is 22.9 Å². The minimum atomic E-state index is 0.264. The van der Waals surface area contributed by atoms with Gasteiger partial charge in [0.1, 0.15) is 5.01 Å².